The third-order valence-corrected chi connectivity index (χ3v) is 3.54. The van der Waals surface area contributed by atoms with Crippen molar-refractivity contribution in [2.75, 3.05) is 0 Å². The van der Waals surface area contributed by atoms with Gasteiger partial charge in [0, 0.05) is 12.2 Å². The Hall–Kier alpha value is -0.960. The number of halogens is 1. The van der Waals surface area contributed by atoms with Crippen molar-refractivity contribution in [3.63, 3.8) is 0 Å². The van der Waals surface area contributed by atoms with Gasteiger partial charge in [-0.3, -0.25) is 0 Å². The highest BCUT2D eigenvalue weighted by molar-refractivity contribution is 6.30. The molecule has 2 unspecified atom stereocenters. The average Bonchev–Trinajstić information content (AvgIpc) is 2.60. The molecule has 1 N–H and O–H groups in total. The van der Waals surface area contributed by atoms with Gasteiger partial charge in [-0.25, -0.2) is 4.79 Å². The van der Waals surface area contributed by atoms with Crippen molar-refractivity contribution in [1.82, 2.24) is 4.57 Å². The Morgan fingerprint density at radius 2 is 2.31 bits per heavy atom. The minimum atomic E-state index is -0.898. The lowest BCUT2D eigenvalue weighted by Crippen LogP contribution is -2.20. The zero-order valence-electron chi connectivity index (χ0n) is 9.32. The molecule has 0 aliphatic heterocycles. The first-order chi connectivity index (χ1) is 7.58. The molecule has 1 aliphatic carbocycles. The fourth-order valence-electron chi connectivity index (χ4n) is 2.57. The molecule has 1 aromatic rings. The highest BCUT2D eigenvalue weighted by Crippen LogP contribution is 2.34. The van der Waals surface area contributed by atoms with Gasteiger partial charge in [0.1, 0.15) is 5.69 Å². The summed E-state index contributed by atoms with van der Waals surface area (Å²) in [6.45, 7) is 2.22. The Morgan fingerprint density at radius 1 is 1.56 bits per heavy atom. The molecule has 0 bridgehead atoms. The van der Waals surface area contributed by atoms with Crippen molar-refractivity contribution >= 4 is 17.6 Å². The predicted molar refractivity (Wildman–Crippen MR) is 63.1 cm³/mol. The van der Waals surface area contributed by atoms with Crippen LogP contribution in [0.5, 0.6) is 0 Å². The first-order valence-electron chi connectivity index (χ1n) is 5.68. The number of hydrogen-bond donors (Lipinski definition) is 1. The first kappa shape index (κ1) is 11.5. The van der Waals surface area contributed by atoms with Gasteiger partial charge in [-0.05, 0) is 24.8 Å². The smallest absolute Gasteiger partial charge is 0.352 e. The second-order valence-corrected chi connectivity index (χ2v) is 5.12. The Balaban J connectivity index is 2.28. The molecule has 2 atom stereocenters. The zero-order valence-corrected chi connectivity index (χ0v) is 10.1. The molecule has 1 saturated carbocycles. The molecule has 0 spiro atoms. The van der Waals surface area contributed by atoms with Crippen LogP contribution in [-0.2, 0) is 0 Å². The van der Waals surface area contributed by atoms with Crippen LogP contribution in [0.25, 0.3) is 0 Å². The summed E-state index contributed by atoms with van der Waals surface area (Å²) in [4.78, 5) is 11.1. The number of aromatic nitrogens is 1. The number of carboxylic acids is 1. The summed E-state index contributed by atoms with van der Waals surface area (Å²) >= 11 is 5.88. The number of carbonyl (C=O) groups is 1. The number of aromatic carboxylic acids is 1. The zero-order chi connectivity index (χ0) is 11.7. The van der Waals surface area contributed by atoms with Crippen molar-refractivity contribution < 1.29 is 9.90 Å². The van der Waals surface area contributed by atoms with Gasteiger partial charge in [-0.1, -0.05) is 31.4 Å². The second-order valence-electron chi connectivity index (χ2n) is 4.68. The molecule has 0 radical (unpaired) electrons. The maximum atomic E-state index is 11.1. The van der Waals surface area contributed by atoms with Gasteiger partial charge in [0.15, 0.2) is 0 Å². The normalized spacial score (nSPS) is 25.6. The maximum absolute atomic E-state index is 11.1. The van der Waals surface area contributed by atoms with Crippen LogP contribution in [-0.4, -0.2) is 15.6 Å². The predicted octanol–water partition coefficient (Wildman–Crippen LogP) is 3.59. The highest BCUT2D eigenvalue weighted by atomic mass is 35.5. The SMILES string of the molecule is CC1CCCC(n2cc(Cl)cc2C(=O)O)C1. The lowest BCUT2D eigenvalue weighted by molar-refractivity contribution is 0.0679. The van der Waals surface area contributed by atoms with E-state index in [1.165, 1.54) is 18.9 Å². The van der Waals surface area contributed by atoms with Crippen LogP contribution < -0.4 is 0 Å². The van der Waals surface area contributed by atoms with Gasteiger partial charge in [0.05, 0.1) is 5.02 Å². The van der Waals surface area contributed by atoms with Crippen LogP contribution in [0.4, 0.5) is 0 Å². The lowest BCUT2D eigenvalue weighted by Gasteiger charge is -2.28. The fraction of sp³-hybridized carbons (Fsp3) is 0.583. The van der Waals surface area contributed by atoms with E-state index >= 15 is 0 Å². The standard InChI is InChI=1S/C12H16ClNO2/c1-8-3-2-4-10(5-8)14-7-9(13)6-11(14)12(15)16/h6-8,10H,2-5H2,1H3,(H,15,16). The lowest BCUT2D eigenvalue weighted by atomic mass is 9.87. The molecule has 0 amide bonds. The number of nitrogens with zero attached hydrogens (tertiary/aromatic N) is 1. The molecule has 0 saturated heterocycles. The topological polar surface area (TPSA) is 42.2 Å². The second kappa shape index (κ2) is 4.50. The van der Waals surface area contributed by atoms with E-state index in [2.05, 4.69) is 6.92 Å². The number of carboxylic acid groups (broad SMARTS) is 1. The van der Waals surface area contributed by atoms with Gasteiger partial charge in [-0.15, -0.1) is 0 Å². The van der Waals surface area contributed by atoms with Crippen molar-refractivity contribution in [2.24, 2.45) is 5.92 Å². The Morgan fingerprint density at radius 3 is 2.94 bits per heavy atom. The molecular weight excluding hydrogens is 226 g/mol. The van der Waals surface area contributed by atoms with Gasteiger partial charge in [0.25, 0.3) is 0 Å². The van der Waals surface area contributed by atoms with Crippen molar-refractivity contribution in [2.45, 2.75) is 38.6 Å². The van der Waals surface area contributed by atoms with E-state index in [1.54, 1.807) is 6.20 Å². The molecule has 1 aromatic heterocycles. The molecule has 0 aromatic carbocycles. The van der Waals surface area contributed by atoms with Gasteiger partial charge in [-0.2, -0.15) is 0 Å². The van der Waals surface area contributed by atoms with Gasteiger partial charge < -0.3 is 9.67 Å². The summed E-state index contributed by atoms with van der Waals surface area (Å²) in [5.41, 5.74) is 0.309. The summed E-state index contributed by atoms with van der Waals surface area (Å²) in [7, 11) is 0. The highest BCUT2D eigenvalue weighted by Gasteiger charge is 2.24. The van der Waals surface area contributed by atoms with Crippen LogP contribution in [0.15, 0.2) is 12.3 Å². The summed E-state index contributed by atoms with van der Waals surface area (Å²) in [5.74, 6) is -0.230. The maximum Gasteiger partial charge on any atom is 0.352 e. The molecule has 2 rings (SSSR count). The van der Waals surface area contributed by atoms with E-state index < -0.39 is 5.97 Å². The summed E-state index contributed by atoms with van der Waals surface area (Å²) in [5, 5.41) is 9.61. The first-order valence-corrected chi connectivity index (χ1v) is 6.06. The Kier molecular flexibility index (Phi) is 3.24. The van der Waals surface area contributed by atoms with Crippen molar-refractivity contribution in [1.29, 1.82) is 0 Å². The summed E-state index contributed by atoms with van der Waals surface area (Å²) in [6.07, 6.45) is 6.25. The van der Waals surface area contributed by atoms with Crippen LogP contribution in [0.1, 0.15) is 49.1 Å². The quantitative estimate of drug-likeness (QED) is 0.860. The molecule has 1 heterocycles. The molecule has 1 aliphatic rings. The third kappa shape index (κ3) is 2.24. The van der Waals surface area contributed by atoms with Crippen LogP contribution in [0.2, 0.25) is 5.02 Å². The Labute approximate surface area is 100 Å². The van der Waals surface area contributed by atoms with Crippen LogP contribution >= 0.6 is 11.6 Å². The number of rotatable bonds is 2. The van der Waals surface area contributed by atoms with Crippen molar-refractivity contribution in [3.05, 3.63) is 23.0 Å². The largest absolute Gasteiger partial charge is 0.477 e. The minimum Gasteiger partial charge on any atom is -0.477 e. The van der Waals surface area contributed by atoms with E-state index in [0.29, 0.717) is 22.7 Å². The molecule has 1 fully saturated rings. The van der Waals surface area contributed by atoms with E-state index in [4.69, 9.17) is 16.7 Å². The van der Waals surface area contributed by atoms with Crippen LogP contribution in [0.3, 0.4) is 0 Å². The molecular formula is C12H16ClNO2. The third-order valence-electron chi connectivity index (χ3n) is 3.34. The minimum absolute atomic E-state index is 0.294. The summed E-state index contributed by atoms with van der Waals surface area (Å²) < 4.78 is 1.83. The van der Waals surface area contributed by atoms with Crippen LogP contribution in [0, 0.1) is 5.92 Å². The van der Waals surface area contributed by atoms with E-state index in [0.717, 1.165) is 12.8 Å². The molecule has 4 heteroatoms. The molecule has 88 valence electrons. The van der Waals surface area contributed by atoms with Gasteiger partial charge >= 0.3 is 5.97 Å². The van der Waals surface area contributed by atoms with E-state index in [9.17, 15) is 4.79 Å². The molecule has 3 nitrogen and oxygen atoms in total. The van der Waals surface area contributed by atoms with E-state index in [-0.39, 0.29) is 0 Å². The Bertz CT molecular complexity index is 400. The van der Waals surface area contributed by atoms with Gasteiger partial charge in [0.2, 0.25) is 0 Å². The number of hydrogen-bond acceptors (Lipinski definition) is 1. The monoisotopic (exact) mass is 241 g/mol. The van der Waals surface area contributed by atoms with E-state index in [1.807, 2.05) is 4.57 Å². The fourth-order valence-corrected chi connectivity index (χ4v) is 2.78. The van der Waals surface area contributed by atoms with Crippen molar-refractivity contribution in [3.8, 4) is 0 Å². The molecule has 16 heavy (non-hydrogen) atoms. The summed E-state index contributed by atoms with van der Waals surface area (Å²) in [6, 6.07) is 1.82. The average molecular weight is 242 g/mol.